The lowest BCUT2D eigenvalue weighted by Crippen LogP contribution is -2.49. The lowest BCUT2D eigenvalue weighted by atomic mass is 9.90. The SMILES string of the molecule is CC(=O)NCc1ccc(Oc2ccc(-c3nn(C4CCC(N5CCN(C)CC5)CC4)c4ncnc(N)c34)cc2)cc1.CC(=O)O. The minimum atomic E-state index is -0.833. The first-order valence-electron chi connectivity index (χ1n) is 15.4. The standard InChI is InChI=1S/C31H38N8O2.C2H4O2/c1-21(40)33-19-22-3-11-26(12-4-22)41-27-13-5-23(6-14-27)29-28-30(32)34-20-35-31(28)39(36-29)25-9-7-24(8-10-25)38-17-15-37(2)16-18-38;1-2(3)4/h3-6,11-14,20,24-25H,7-10,15-19H2,1-2H3,(H,33,40)(H2,32,34,35);1H3,(H,3,4). The first kappa shape index (κ1) is 31.9. The van der Waals surface area contributed by atoms with Gasteiger partial charge in [-0.25, -0.2) is 14.6 Å². The number of ether oxygens (including phenoxy) is 1. The van der Waals surface area contributed by atoms with Gasteiger partial charge in [-0.3, -0.25) is 14.5 Å². The number of nitrogens with zero attached hydrogens (tertiary/aromatic N) is 6. The van der Waals surface area contributed by atoms with Gasteiger partial charge in [-0.1, -0.05) is 12.1 Å². The number of carboxylic acid groups (broad SMARTS) is 1. The molecule has 2 aromatic carbocycles. The molecule has 12 nitrogen and oxygen atoms in total. The summed E-state index contributed by atoms with van der Waals surface area (Å²) in [5, 5.41) is 16.1. The molecule has 0 atom stereocenters. The van der Waals surface area contributed by atoms with Crippen LogP contribution < -0.4 is 15.8 Å². The number of carbonyl (C=O) groups is 2. The number of fused-ring (bicyclic) bond motifs is 1. The maximum atomic E-state index is 11.1. The van der Waals surface area contributed by atoms with Crippen molar-refractivity contribution in [2.75, 3.05) is 39.0 Å². The number of amides is 1. The number of nitrogens with two attached hydrogens (primary N) is 1. The van der Waals surface area contributed by atoms with Crippen molar-refractivity contribution in [3.05, 3.63) is 60.4 Å². The van der Waals surface area contributed by atoms with E-state index in [-0.39, 0.29) is 5.91 Å². The number of hydrogen-bond donors (Lipinski definition) is 3. The van der Waals surface area contributed by atoms with Crippen LogP contribution in [0.5, 0.6) is 11.5 Å². The maximum Gasteiger partial charge on any atom is 0.300 e. The molecule has 1 saturated carbocycles. The summed E-state index contributed by atoms with van der Waals surface area (Å²) < 4.78 is 8.15. The van der Waals surface area contributed by atoms with Crippen LogP contribution >= 0.6 is 0 Å². The molecule has 0 bridgehead atoms. The lowest BCUT2D eigenvalue weighted by molar-refractivity contribution is -0.134. The van der Waals surface area contributed by atoms with Gasteiger partial charge in [0, 0.05) is 58.2 Å². The van der Waals surface area contributed by atoms with E-state index in [0.29, 0.717) is 24.4 Å². The zero-order valence-corrected chi connectivity index (χ0v) is 26.1. The Bertz CT molecular complexity index is 1590. The van der Waals surface area contributed by atoms with Gasteiger partial charge >= 0.3 is 0 Å². The van der Waals surface area contributed by atoms with Gasteiger partial charge in [0.25, 0.3) is 5.97 Å². The topological polar surface area (TPSA) is 152 Å². The number of carbonyl (C=O) groups excluding carboxylic acids is 1. The number of benzene rings is 2. The van der Waals surface area contributed by atoms with Crippen molar-refractivity contribution in [1.29, 1.82) is 0 Å². The third kappa shape index (κ3) is 8.14. The third-order valence-corrected chi connectivity index (χ3v) is 8.41. The van der Waals surface area contributed by atoms with Crippen LogP contribution in [0.1, 0.15) is 51.1 Å². The van der Waals surface area contributed by atoms with Gasteiger partial charge in [-0.15, -0.1) is 0 Å². The Morgan fingerprint density at radius 2 is 1.49 bits per heavy atom. The van der Waals surface area contributed by atoms with Gasteiger partial charge in [0.15, 0.2) is 5.65 Å². The maximum absolute atomic E-state index is 11.1. The molecule has 3 heterocycles. The second-order valence-corrected chi connectivity index (χ2v) is 11.8. The summed E-state index contributed by atoms with van der Waals surface area (Å²) >= 11 is 0. The average molecular weight is 615 g/mol. The van der Waals surface area contributed by atoms with Gasteiger partial charge in [0.2, 0.25) is 5.91 Å². The summed E-state index contributed by atoms with van der Waals surface area (Å²) in [5.74, 6) is 1.01. The van der Waals surface area contributed by atoms with E-state index in [4.69, 9.17) is 25.5 Å². The zero-order chi connectivity index (χ0) is 31.9. The highest BCUT2D eigenvalue weighted by molar-refractivity contribution is 5.98. The number of likely N-dealkylation sites (N-methyl/N-ethyl adjacent to an activating group) is 1. The lowest BCUT2D eigenvalue weighted by Gasteiger charge is -2.41. The second kappa shape index (κ2) is 14.5. The quantitative estimate of drug-likeness (QED) is 0.274. The molecule has 1 aliphatic heterocycles. The molecule has 0 unspecified atom stereocenters. The predicted molar refractivity (Wildman–Crippen MR) is 173 cm³/mol. The summed E-state index contributed by atoms with van der Waals surface area (Å²) in [4.78, 5) is 34.2. The van der Waals surface area contributed by atoms with Crippen LogP contribution in [0.4, 0.5) is 5.82 Å². The first-order valence-corrected chi connectivity index (χ1v) is 15.4. The van der Waals surface area contributed by atoms with Crippen molar-refractivity contribution < 1.29 is 19.4 Å². The molecule has 1 aliphatic carbocycles. The molecule has 6 rings (SSSR count). The van der Waals surface area contributed by atoms with Crippen LogP contribution in [0.2, 0.25) is 0 Å². The van der Waals surface area contributed by atoms with E-state index in [1.165, 1.54) is 26.1 Å². The Balaban J connectivity index is 0.000000945. The fraction of sp³-hybridized carbons (Fsp3) is 0.424. The highest BCUT2D eigenvalue weighted by Gasteiger charge is 2.30. The summed E-state index contributed by atoms with van der Waals surface area (Å²) in [6.45, 7) is 7.71. The summed E-state index contributed by atoms with van der Waals surface area (Å²) in [7, 11) is 2.21. The molecule has 2 fully saturated rings. The third-order valence-electron chi connectivity index (χ3n) is 8.41. The monoisotopic (exact) mass is 614 g/mol. The van der Waals surface area contributed by atoms with Crippen LogP contribution in [0.25, 0.3) is 22.3 Å². The Morgan fingerprint density at radius 3 is 2.09 bits per heavy atom. The molecule has 238 valence electrons. The number of anilines is 1. The van der Waals surface area contributed by atoms with Crippen LogP contribution in [-0.4, -0.2) is 85.8 Å². The van der Waals surface area contributed by atoms with Crippen molar-refractivity contribution in [1.82, 2.24) is 34.9 Å². The molecule has 1 amide bonds. The minimum Gasteiger partial charge on any atom is -0.481 e. The fourth-order valence-electron chi connectivity index (χ4n) is 6.03. The van der Waals surface area contributed by atoms with E-state index in [1.54, 1.807) is 0 Å². The number of nitrogens with one attached hydrogen (secondary N) is 1. The molecule has 0 radical (unpaired) electrons. The number of nitrogen functional groups attached to an aromatic ring is 1. The molecule has 2 aromatic heterocycles. The smallest absolute Gasteiger partial charge is 0.300 e. The summed E-state index contributed by atoms with van der Waals surface area (Å²) in [6, 6.07) is 16.5. The number of rotatable bonds is 7. The van der Waals surface area contributed by atoms with Gasteiger partial charge < -0.3 is 25.8 Å². The number of aromatic nitrogens is 4. The fourth-order valence-corrected chi connectivity index (χ4v) is 6.03. The molecule has 0 spiro atoms. The number of carboxylic acids is 1. The molecule has 4 aromatic rings. The Kier molecular flexibility index (Phi) is 10.3. The van der Waals surface area contributed by atoms with Crippen LogP contribution in [-0.2, 0) is 16.1 Å². The minimum absolute atomic E-state index is 0.0510. The van der Waals surface area contributed by atoms with E-state index in [9.17, 15) is 4.79 Å². The Hall–Kier alpha value is -4.55. The molecular weight excluding hydrogens is 572 g/mol. The Morgan fingerprint density at radius 1 is 0.911 bits per heavy atom. The second-order valence-electron chi connectivity index (χ2n) is 11.8. The van der Waals surface area contributed by atoms with Crippen LogP contribution in [0, 0.1) is 0 Å². The van der Waals surface area contributed by atoms with E-state index >= 15 is 0 Å². The summed E-state index contributed by atoms with van der Waals surface area (Å²) in [6.07, 6.45) is 6.03. The molecule has 1 saturated heterocycles. The van der Waals surface area contributed by atoms with Crippen molar-refractivity contribution in [2.45, 2.75) is 58.2 Å². The number of piperazine rings is 1. The molecule has 45 heavy (non-hydrogen) atoms. The highest BCUT2D eigenvalue weighted by atomic mass is 16.5. The molecule has 2 aliphatic rings. The zero-order valence-electron chi connectivity index (χ0n) is 26.1. The van der Waals surface area contributed by atoms with Crippen molar-refractivity contribution in [2.24, 2.45) is 0 Å². The highest BCUT2D eigenvalue weighted by Crippen LogP contribution is 2.37. The van der Waals surface area contributed by atoms with Crippen molar-refractivity contribution in [3.8, 4) is 22.8 Å². The van der Waals surface area contributed by atoms with E-state index in [1.807, 2.05) is 48.5 Å². The molecule has 12 heteroatoms. The largest absolute Gasteiger partial charge is 0.481 e. The van der Waals surface area contributed by atoms with Crippen molar-refractivity contribution >= 4 is 28.7 Å². The van der Waals surface area contributed by atoms with Gasteiger partial charge in [0.1, 0.15) is 29.3 Å². The number of aliphatic carboxylic acids is 1. The number of hydrogen-bond acceptors (Lipinski definition) is 9. The van der Waals surface area contributed by atoms with Crippen molar-refractivity contribution in [3.63, 3.8) is 0 Å². The van der Waals surface area contributed by atoms with E-state index in [0.717, 1.165) is 85.3 Å². The Labute approximate surface area is 263 Å². The average Bonchev–Trinajstić information content (AvgIpc) is 3.42. The van der Waals surface area contributed by atoms with Gasteiger partial charge in [0.05, 0.1) is 11.4 Å². The van der Waals surface area contributed by atoms with Gasteiger partial charge in [-0.05, 0) is 74.7 Å². The summed E-state index contributed by atoms with van der Waals surface area (Å²) in [5.41, 5.74) is 9.94. The molecule has 4 N–H and O–H groups in total. The predicted octanol–water partition coefficient (Wildman–Crippen LogP) is 4.33. The first-order chi connectivity index (χ1) is 21.7. The molecular formula is C33H42N8O4. The van der Waals surface area contributed by atoms with E-state index < -0.39 is 5.97 Å². The van der Waals surface area contributed by atoms with Gasteiger partial charge in [-0.2, -0.15) is 5.10 Å². The van der Waals surface area contributed by atoms with Crippen LogP contribution in [0.15, 0.2) is 54.9 Å². The normalized spacial score (nSPS) is 19.0. The van der Waals surface area contributed by atoms with E-state index in [2.05, 4.69) is 36.8 Å². The van der Waals surface area contributed by atoms with Crippen LogP contribution in [0.3, 0.4) is 0 Å².